The normalized spacial score (nSPS) is 22.6. The number of benzene rings is 1. The Bertz CT molecular complexity index is 555. The van der Waals surface area contributed by atoms with Gasteiger partial charge in [0.05, 0.1) is 6.61 Å². The Balaban J connectivity index is 2.38. The number of hydrogen-bond acceptors (Lipinski definition) is 2. The number of nitrogens with zero attached hydrogens (tertiary/aromatic N) is 1. The van der Waals surface area contributed by atoms with Crippen molar-refractivity contribution < 1.29 is 5.11 Å². The lowest BCUT2D eigenvalue weighted by Gasteiger charge is -2.49. The van der Waals surface area contributed by atoms with Gasteiger partial charge in [0.15, 0.2) is 0 Å². The predicted molar refractivity (Wildman–Crippen MR) is 84.6 cm³/mol. The second-order valence-corrected chi connectivity index (χ2v) is 7.86. The highest BCUT2D eigenvalue weighted by Crippen LogP contribution is 2.50. The quantitative estimate of drug-likeness (QED) is 0.844. The lowest BCUT2D eigenvalue weighted by molar-refractivity contribution is 0.275. The van der Waals surface area contributed by atoms with Gasteiger partial charge in [-0.2, -0.15) is 0 Å². The Morgan fingerprint density at radius 3 is 2.30 bits per heavy atom. The largest absolute Gasteiger partial charge is 0.392 e. The van der Waals surface area contributed by atoms with Crippen molar-refractivity contribution in [3.05, 3.63) is 28.3 Å². The van der Waals surface area contributed by atoms with E-state index in [0.717, 1.165) is 18.7 Å². The first-order valence-electron chi connectivity index (χ1n) is 7.81. The Morgan fingerprint density at radius 1 is 1.10 bits per heavy atom. The molecule has 110 valence electrons. The average molecular weight is 273 g/mol. The van der Waals surface area contributed by atoms with Crippen molar-refractivity contribution >= 4 is 5.69 Å². The molecule has 1 aromatic carbocycles. The summed E-state index contributed by atoms with van der Waals surface area (Å²) in [4.78, 5) is 2.56. The van der Waals surface area contributed by atoms with Crippen LogP contribution in [0.2, 0.25) is 0 Å². The van der Waals surface area contributed by atoms with Crippen molar-refractivity contribution in [2.75, 3.05) is 18.0 Å². The molecule has 0 bridgehead atoms. The van der Waals surface area contributed by atoms with Crippen LogP contribution in [0.4, 0.5) is 5.69 Å². The van der Waals surface area contributed by atoms with E-state index in [1.807, 2.05) is 0 Å². The molecule has 0 saturated carbocycles. The van der Waals surface area contributed by atoms with Gasteiger partial charge in [-0.1, -0.05) is 33.8 Å². The van der Waals surface area contributed by atoms with Crippen LogP contribution in [-0.2, 0) is 17.4 Å². The fourth-order valence-electron chi connectivity index (χ4n) is 4.05. The van der Waals surface area contributed by atoms with E-state index in [1.54, 1.807) is 0 Å². The summed E-state index contributed by atoms with van der Waals surface area (Å²) in [5.41, 5.74) is 7.16. The third-order valence-electron chi connectivity index (χ3n) is 5.52. The van der Waals surface area contributed by atoms with Gasteiger partial charge in [-0.15, -0.1) is 0 Å². The topological polar surface area (TPSA) is 23.5 Å². The highest BCUT2D eigenvalue weighted by atomic mass is 16.3. The maximum absolute atomic E-state index is 9.89. The fourth-order valence-corrected chi connectivity index (χ4v) is 4.05. The summed E-state index contributed by atoms with van der Waals surface area (Å²) in [6, 6.07) is 2.33. The molecular weight excluding hydrogens is 246 g/mol. The van der Waals surface area contributed by atoms with E-state index in [9.17, 15) is 5.11 Å². The Kier molecular flexibility index (Phi) is 2.95. The second kappa shape index (κ2) is 4.24. The molecule has 0 radical (unpaired) electrons. The third-order valence-corrected chi connectivity index (χ3v) is 5.52. The second-order valence-electron chi connectivity index (χ2n) is 7.86. The SMILES string of the molecule is Cc1cc2c3c(c1CO)C(C)(C)CCN3CCC2(C)C. The molecule has 2 aliphatic heterocycles. The number of hydrogen-bond donors (Lipinski definition) is 1. The number of anilines is 1. The molecule has 0 atom stereocenters. The van der Waals surface area contributed by atoms with Crippen LogP contribution in [0.3, 0.4) is 0 Å². The van der Waals surface area contributed by atoms with Crippen molar-refractivity contribution in [1.82, 2.24) is 0 Å². The van der Waals surface area contributed by atoms with Crippen molar-refractivity contribution in [2.45, 2.75) is 64.9 Å². The molecule has 0 amide bonds. The molecule has 1 N–H and O–H groups in total. The molecule has 0 aromatic heterocycles. The summed E-state index contributed by atoms with van der Waals surface area (Å²) in [5.74, 6) is 0. The number of aliphatic hydroxyl groups is 1. The highest BCUT2D eigenvalue weighted by Gasteiger charge is 2.41. The van der Waals surface area contributed by atoms with Crippen LogP contribution in [0.5, 0.6) is 0 Å². The van der Waals surface area contributed by atoms with Gasteiger partial charge in [0.2, 0.25) is 0 Å². The van der Waals surface area contributed by atoms with E-state index >= 15 is 0 Å². The van der Waals surface area contributed by atoms with Crippen LogP contribution in [-0.4, -0.2) is 18.2 Å². The molecule has 3 rings (SSSR count). The molecule has 0 unspecified atom stereocenters. The van der Waals surface area contributed by atoms with Gasteiger partial charge in [0.25, 0.3) is 0 Å². The van der Waals surface area contributed by atoms with E-state index in [2.05, 4.69) is 45.6 Å². The first-order chi connectivity index (χ1) is 9.28. The van der Waals surface area contributed by atoms with Gasteiger partial charge in [0.1, 0.15) is 0 Å². The standard InChI is InChI=1S/C18H27NO/c1-12-10-14-16-15(13(12)11-20)18(4,5)7-9-19(16)8-6-17(14,2)3/h10,20H,6-9,11H2,1-5H3. The molecule has 0 fully saturated rings. The first-order valence-corrected chi connectivity index (χ1v) is 7.81. The molecule has 0 spiro atoms. The maximum Gasteiger partial charge on any atom is 0.0688 e. The van der Waals surface area contributed by atoms with Gasteiger partial charge >= 0.3 is 0 Å². The number of aryl methyl sites for hydroxylation is 1. The van der Waals surface area contributed by atoms with Crippen LogP contribution in [0.15, 0.2) is 6.07 Å². The molecule has 2 aliphatic rings. The van der Waals surface area contributed by atoms with E-state index in [4.69, 9.17) is 0 Å². The summed E-state index contributed by atoms with van der Waals surface area (Å²) in [6.07, 6.45) is 2.40. The third kappa shape index (κ3) is 1.81. The minimum Gasteiger partial charge on any atom is -0.392 e. The van der Waals surface area contributed by atoms with Crippen molar-refractivity contribution in [3.63, 3.8) is 0 Å². The van der Waals surface area contributed by atoms with E-state index in [1.165, 1.54) is 35.2 Å². The Hall–Kier alpha value is -1.02. The molecule has 2 heterocycles. The van der Waals surface area contributed by atoms with Crippen molar-refractivity contribution in [1.29, 1.82) is 0 Å². The average Bonchev–Trinajstić information content (AvgIpc) is 2.36. The maximum atomic E-state index is 9.89. The van der Waals surface area contributed by atoms with Crippen LogP contribution < -0.4 is 4.90 Å². The zero-order valence-electron chi connectivity index (χ0n) is 13.5. The number of rotatable bonds is 1. The summed E-state index contributed by atoms with van der Waals surface area (Å²) in [5, 5.41) is 9.89. The minimum absolute atomic E-state index is 0.159. The summed E-state index contributed by atoms with van der Waals surface area (Å²) in [7, 11) is 0. The molecule has 2 heteroatoms. The number of aliphatic hydroxyl groups excluding tert-OH is 1. The smallest absolute Gasteiger partial charge is 0.0688 e. The zero-order chi connectivity index (χ0) is 14.7. The molecule has 2 nitrogen and oxygen atoms in total. The molecule has 0 aliphatic carbocycles. The van der Waals surface area contributed by atoms with Gasteiger partial charge in [0, 0.05) is 18.8 Å². The van der Waals surface area contributed by atoms with Crippen molar-refractivity contribution in [3.8, 4) is 0 Å². The summed E-state index contributed by atoms with van der Waals surface area (Å²) >= 11 is 0. The fraction of sp³-hybridized carbons (Fsp3) is 0.667. The van der Waals surface area contributed by atoms with E-state index < -0.39 is 0 Å². The van der Waals surface area contributed by atoms with Crippen LogP contribution in [0.1, 0.15) is 62.8 Å². The van der Waals surface area contributed by atoms with Crippen LogP contribution in [0.25, 0.3) is 0 Å². The highest BCUT2D eigenvalue weighted by molar-refractivity contribution is 5.71. The van der Waals surface area contributed by atoms with Crippen LogP contribution >= 0.6 is 0 Å². The lowest BCUT2D eigenvalue weighted by Crippen LogP contribution is -2.45. The molecule has 0 saturated heterocycles. The summed E-state index contributed by atoms with van der Waals surface area (Å²) < 4.78 is 0. The van der Waals surface area contributed by atoms with Crippen molar-refractivity contribution in [2.24, 2.45) is 0 Å². The monoisotopic (exact) mass is 273 g/mol. The lowest BCUT2D eigenvalue weighted by atomic mass is 9.67. The molecule has 1 aromatic rings. The Morgan fingerprint density at radius 2 is 1.70 bits per heavy atom. The summed E-state index contributed by atoms with van der Waals surface area (Å²) in [6.45, 7) is 14.0. The van der Waals surface area contributed by atoms with Gasteiger partial charge in [-0.05, 0) is 52.8 Å². The molecule has 20 heavy (non-hydrogen) atoms. The zero-order valence-corrected chi connectivity index (χ0v) is 13.5. The minimum atomic E-state index is 0.159. The van der Waals surface area contributed by atoms with Crippen LogP contribution in [0, 0.1) is 6.92 Å². The Labute approximate surface area is 122 Å². The van der Waals surface area contributed by atoms with E-state index in [-0.39, 0.29) is 17.4 Å². The first kappa shape index (κ1) is 13.9. The van der Waals surface area contributed by atoms with Gasteiger partial charge in [-0.3, -0.25) is 0 Å². The van der Waals surface area contributed by atoms with Gasteiger partial charge < -0.3 is 10.0 Å². The molecular formula is C18H27NO. The predicted octanol–water partition coefficient (Wildman–Crippen LogP) is 3.66. The van der Waals surface area contributed by atoms with E-state index in [0.29, 0.717) is 0 Å². The van der Waals surface area contributed by atoms with Gasteiger partial charge in [-0.25, -0.2) is 0 Å².